The highest BCUT2D eigenvalue weighted by molar-refractivity contribution is 5.30. The van der Waals surface area contributed by atoms with Gasteiger partial charge in [-0.25, -0.2) is 9.37 Å². The Morgan fingerprint density at radius 2 is 2.10 bits per heavy atom. The number of imidazole rings is 1. The Morgan fingerprint density at radius 3 is 2.90 bits per heavy atom. The SMILES string of the molecule is Fc1cccc(CNc2nccn2C2CCCCC2)c1. The lowest BCUT2D eigenvalue weighted by Crippen LogP contribution is -2.15. The number of rotatable bonds is 4. The Kier molecular flexibility index (Phi) is 4.00. The van der Waals surface area contributed by atoms with Crippen molar-refractivity contribution in [3.05, 3.63) is 48.0 Å². The molecule has 0 aliphatic heterocycles. The van der Waals surface area contributed by atoms with Gasteiger partial charge in [0.05, 0.1) is 0 Å². The number of nitrogens with zero attached hydrogens (tertiary/aromatic N) is 2. The number of hydrogen-bond donors (Lipinski definition) is 1. The van der Waals surface area contributed by atoms with Crippen molar-refractivity contribution in [3.63, 3.8) is 0 Å². The van der Waals surface area contributed by atoms with Gasteiger partial charge in [0.1, 0.15) is 5.82 Å². The molecule has 20 heavy (non-hydrogen) atoms. The average Bonchev–Trinajstić information content (AvgIpc) is 2.95. The van der Waals surface area contributed by atoms with Crippen molar-refractivity contribution >= 4 is 5.95 Å². The van der Waals surface area contributed by atoms with Crippen molar-refractivity contribution in [2.45, 2.75) is 44.7 Å². The van der Waals surface area contributed by atoms with E-state index in [2.05, 4.69) is 14.9 Å². The van der Waals surface area contributed by atoms with E-state index in [1.165, 1.54) is 38.2 Å². The topological polar surface area (TPSA) is 29.9 Å². The fourth-order valence-corrected chi connectivity index (χ4v) is 2.93. The zero-order chi connectivity index (χ0) is 13.8. The number of hydrogen-bond acceptors (Lipinski definition) is 2. The van der Waals surface area contributed by atoms with Crippen LogP contribution >= 0.6 is 0 Å². The van der Waals surface area contributed by atoms with Crippen LogP contribution in [0.4, 0.5) is 10.3 Å². The Morgan fingerprint density at radius 1 is 1.25 bits per heavy atom. The summed E-state index contributed by atoms with van der Waals surface area (Å²) in [6.45, 7) is 0.599. The van der Waals surface area contributed by atoms with E-state index in [4.69, 9.17) is 0 Å². The molecule has 1 aliphatic carbocycles. The summed E-state index contributed by atoms with van der Waals surface area (Å²) in [6.07, 6.45) is 10.3. The van der Waals surface area contributed by atoms with E-state index >= 15 is 0 Å². The molecule has 4 heteroatoms. The van der Waals surface area contributed by atoms with Crippen LogP contribution in [0.3, 0.4) is 0 Å². The summed E-state index contributed by atoms with van der Waals surface area (Å²) < 4.78 is 15.4. The molecule has 1 aliphatic rings. The molecule has 0 saturated heterocycles. The molecule has 3 rings (SSSR count). The van der Waals surface area contributed by atoms with Gasteiger partial charge in [-0.3, -0.25) is 0 Å². The number of benzene rings is 1. The van der Waals surface area contributed by atoms with Gasteiger partial charge in [-0.1, -0.05) is 31.4 Å². The third kappa shape index (κ3) is 3.00. The van der Waals surface area contributed by atoms with Crippen molar-refractivity contribution in [2.24, 2.45) is 0 Å². The zero-order valence-corrected chi connectivity index (χ0v) is 11.6. The summed E-state index contributed by atoms with van der Waals surface area (Å²) in [6, 6.07) is 7.23. The van der Waals surface area contributed by atoms with Gasteiger partial charge in [0.25, 0.3) is 0 Å². The minimum absolute atomic E-state index is 0.195. The first kappa shape index (κ1) is 13.2. The summed E-state index contributed by atoms with van der Waals surface area (Å²) in [5.41, 5.74) is 0.934. The largest absolute Gasteiger partial charge is 0.352 e. The van der Waals surface area contributed by atoms with Crippen molar-refractivity contribution in [1.82, 2.24) is 9.55 Å². The normalized spacial score (nSPS) is 16.2. The Hall–Kier alpha value is -1.84. The van der Waals surface area contributed by atoms with Crippen molar-refractivity contribution in [1.29, 1.82) is 0 Å². The highest BCUT2D eigenvalue weighted by Crippen LogP contribution is 2.30. The Balaban J connectivity index is 1.67. The first-order valence-electron chi connectivity index (χ1n) is 7.34. The van der Waals surface area contributed by atoms with E-state index in [1.54, 1.807) is 12.1 Å². The molecule has 1 heterocycles. The molecule has 0 unspecified atom stereocenters. The molecule has 0 bridgehead atoms. The fraction of sp³-hybridized carbons (Fsp3) is 0.438. The Labute approximate surface area is 118 Å². The summed E-state index contributed by atoms with van der Waals surface area (Å²) in [5.74, 6) is 0.695. The molecule has 3 nitrogen and oxygen atoms in total. The summed E-state index contributed by atoms with van der Waals surface area (Å²) in [5, 5.41) is 3.32. The van der Waals surface area contributed by atoms with Crippen LogP contribution < -0.4 is 5.32 Å². The van der Waals surface area contributed by atoms with E-state index in [0.717, 1.165) is 11.5 Å². The average molecular weight is 273 g/mol. The summed E-state index contributed by atoms with van der Waals surface area (Å²) in [4.78, 5) is 4.39. The van der Waals surface area contributed by atoms with Crippen molar-refractivity contribution < 1.29 is 4.39 Å². The molecule has 0 radical (unpaired) electrons. The van der Waals surface area contributed by atoms with Gasteiger partial charge in [0.15, 0.2) is 0 Å². The standard InChI is InChI=1S/C16H20FN3/c17-14-6-4-5-13(11-14)12-19-16-18-9-10-20(16)15-7-2-1-3-8-15/h4-6,9-11,15H,1-3,7-8,12H2,(H,18,19). The van der Waals surface area contributed by atoms with Crippen LogP contribution in [0.15, 0.2) is 36.7 Å². The molecular formula is C16H20FN3. The summed E-state index contributed by atoms with van der Waals surface area (Å²) in [7, 11) is 0. The second kappa shape index (κ2) is 6.07. The first-order chi connectivity index (χ1) is 9.83. The highest BCUT2D eigenvalue weighted by Gasteiger charge is 2.17. The number of halogens is 1. The maximum atomic E-state index is 13.2. The smallest absolute Gasteiger partial charge is 0.203 e. The lowest BCUT2D eigenvalue weighted by atomic mass is 9.95. The molecule has 2 aromatic rings. The number of aromatic nitrogens is 2. The minimum Gasteiger partial charge on any atom is -0.352 e. The third-order valence-corrected chi connectivity index (χ3v) is 3.98. The molecule has 1 aromatic carbocycles. The second-order valence-corrected chi connectivity index (χ2v) is 5.43. The molecule has 0 atom stereocenters. The van der Waals surface area contributed by atoms with E-state index in [1.807, 2.05) is 18.5 Å². The molecule has 1 N–H and O–H groups in total. The quantitative estimate of drug-likeness (QED) is 0.907. The fourth-order valence-electron chi connectivity index (χ4n) is 2.93. The van der Waals surface area contributed by atoms with Gasteiger partial charge in [0.2, 0.25) is 5.95 Å². The first-order valence-corrected chi connectivity index (χ1v) is 7.34. The van der Waals surface area contributed by atoms with Crippen LogP contribution in [0.5, 0.6) is 0 Å². The molecule has 1 fully saturated rings. The molecular weight excluding hydrogens is 253 g/mol. The van der Waals surface area contributed by atoms with Gasteiger partial charge < -0.3 is 9.88 Å². The van der Waals surface area contributed by atoms with Gasteiger partial charge in [-0.05, 0) is 30.5 Å². The van der Waals surface area contributed by atoms with Gasteiger partial charge in [0, 0.05) is 25.0 Å². The predicted molar refractivity (Wildman–Crippen MR) is 78.1 cm³/mol. The van der Waals surface area contributed by atoms with Gasteiger partial charge in [-0.15, -0.1) is 0 Å². The number of anilines is 1. The highest BCUT2D eigenvalue weighted by atomic mass is 19.1. The van der Waals surface area contributed by atoms with Gasteiger partial charge in [-0.2, -0.15) is 0 Å². The van der Waals surface area contributed by atoms with Crippen LogP contribution in [0.25, 0.3) is 0 Å². The monoisotopic (exact) mass is 273 g/mol. The van der Waals surface area contributed by atoms with E-state index in [-0.39, 0.29) is 5.82 Å². The van der Waals surface area contributed by atoms with Crippen LogP contribution in [0.1, 0.15) is 43.7 Å². The van der Waals surface area contributed by atoms with E-state index in [0.29, 0.717) is 12.6 Å². The van der Waals surface area contributed by atoms with Crippen LogP contribution in [0, 0.1) is 5.82 Å². The summed E-state index contributed by atoms with van der Waals surface area (Å²) >= 11 is 0. The maximum absolute atomic E-state index is 13.2. The predicted octanol–water partition coefficient (Wildman–Crippen LogP) is 4.14. The maximum Gasteiger partial charge on any atom is 0.203 e. The minimum atomic E-state index is -0.195. The molecule has 106 valence electrons. The second-order valence-electron chi connectivity index (χ2n) is 5.43. The number of nitrogens with one attached hydrogen (secondary N) is 1. The zero-order valence-electron chi connectivity index (χ0n) is 11.6. The van der Waals surface area contributed by atoms with E-state index in [9.17, 15) is 4.39 Å². The lowest BCUT2D eigenvalue weighted by Gasteiger charge is -2.24. The lowest BCUT2D eigenvalue weighted by molar-refractivity contribution is 0.356. The Bertz CT molecular complexity index is 558. The van der Waals surface area contributed by atoms with Crippen LogP contribution in [-0.4, -0.2) is 9.55 Å². The van der Waals surface area contributed by atoms with Crippen molar-refractivity contribution in [2.75, 3.05) is 5.32 Å². The molecule has 0 amide bonds. The van der Waals surface area contributed by atoms with Crippen LogP contribution in [0.2, 0.25) is 0 Å². The van der Waals surface area contributed by atoms with Crippen LogP contribution in [-0.2, 0) is 6.54 Å². The molecule has 1 aromatic heterocycles. The van der Waals surface area contributed by atoms with E-state index < -0.39 is 0 Å². The van der Waals surface area contributed by atoms with Gasteiger partial charge >= 0.3 is 0 Å². The molecule has 0 spiro atoms. The third-order valence-electron chi connectivity index (χ3n) is 3.98. The molecule has 1 saturated carbocycles. The van der Waals surface area contributed by atoms with Crippen molar-refractivity contribution in [3.8, 4) is 0 Å².